The Balaban J connectivity index is 1.87. The number of hydrogen-bond donors (Lipinski definition) is 0. The number of carbonyl (C=O) groups is 3. The summed E-state index contributed by atoms with van der Waals surface area (Å²) in [6.45, 7) is 2.14. The van der Waals surface area contributed by atoms with Crippen molar-refractivity contribution in [2.75, 3.05) is 21.3 Å². The Morgan fingerprint density at radius 3 is 2.18 bits per heavy atom. The van der Waals surface area contributed by atoms with Gasteiger partial charge in [0.25, 0.3) is 0 Å². The minimum Gasteiger partial charge on any atom is -0.496 e. The molecule has 0 fully saturated rings. The molecule has 0 bridgehead atoms. The highest BCUT2D eigenvalue weighted by Gasteiger charge is 2.33. The Hall–Kier alpha value is -4.13. The van der Waals surface area contributed by atoms with Crippen LogP contribution in [0.2, 0.25) is 0 Å². The molecule has 0 aliphatic heterocycles. The zero-order valence-electron chi connectivity index (χ0n) is 22.2. The average Bonchev–Trinajstić information content (AvgIpc) is 2.94. The van der Waals surface area contributed by atoms with E-state index in [2.05, 4.69) is 6.92 Å². The lowest BCUT2D eigenvalue weighted by molar-refractivity contribution is -0.134. The van der Waals surface area contributed by atoms with E-state index in [4.69, 9.17) is 18.9 Å². The average molecular weight is 517 g/mol. The van der Waals surface area contributed by atoms with Gasteiger partial charge in [-0.2, -0.15) is 0 Å². The van der Waals surface area contributed by atoms with Crippen molar-refractivity contribution in [2.24, 2.45) is 0 Å². The van der Waals surface area contributed by atoms with Crippen LogP contribution in [0.5, 0.6) is 23.0 Å². The fourth-order valence-electron chi connectivity index (χ4n) is 4.81. The first-order valence-corrected chi connectivity index (χ1v) is 12.8. The van der Waals surface area contributed by atoms with Gasteiger partial charge >= 0.3 is 5.97 Å². The second-order valence-corrected chi connectivity index (χ2v) is 9.11. The number of Topliss-reactive ketones (excluding diaryl/α,β-unsaturated/α-hetero) is 1. The van der Waals surface area contributed by atoms with Crippen LogP contribution in [-0.2, 0) is 4.79 Å². The lowest BCUT2D eigenvalue weighted by Crippen LogP contribution is -2.19. The molecule has 38 heavy (non-hydrogen) atoms. The third-order valence-corrected chi connectivity index (χ3v) is 6.73. The molecule has 0 spiro atoms. The van der Waals surface area contributed by atoms with Crippen LogP contribution in [0.3, 0.4) is 0 Å². The molecule has 0 heterocycles. The molecule has 1 aliphatic rings. The number of ether oxygens (including phenoxy) is 4. The summed E-state index contributed by atoms with van der Waals surface area (Å²) in [4.78, 5) is 40.0. The fraction of sp³-hybridized carbons (Fsp3) is 0.323. The van der Waals surface area contributed by atoms with E-state index in [-0.39, 0.29) is 40.2 Å². The van der Waals surface area contributed by atoms with E-state index in [0.29, 0.717) is 34.4 Å². The Labute approximate surface area is 222 Å². The normalized spacial score (nSPS) is 12.7. The van der Waals surface area contributed by atoms with E-state index in [9.17, 15) is 14.4 Å². The van der Waals surface area contributed by atoms with Crippen LogP contribution in [0.1, 0.15) is 71.7 Å². The summed E-state index contributed by atoms with van der Waals surface area (Å²) in [5.74, 6) is 0.158. The molecular weight excluding hydrogens is 484 g/mol. The Morgan fingerprint density at radius 1 is 0.789 bits per heavy atom. The summed E-state index contributed by atoms with van der Waals surface area (Å²) in [5, 5.41) is 1.13. The van der Waals surface area contributed by atoms with Crippen molar-refractivity contribution >= 4 is 33.9 Å². The predicted molar refractivity (Wildman–Crippen MR) is 146 cm³/mol. The first-order valence-electron chi connectivity index (χ1n) is 12.8. The van der Waals surface area contributed by atoms with Crippen molar-refractivity contribution in [2.45, 2.75) is 45.4 Å². The largest absolute Gasteiger partial charge is 0.496 e. The van der Waals surface area contributed by atoms with Crippen molar-refractivity contribution in [3.8, 4) is 23.0 Å². The molecule has 0 unspecified atom stereocenters. The number of methoxy groups -OCH3 is 3. The monoisotopic (exact) mass is 516 g/mol. The van der Waals surface area contributed by atoms with Crippen molar-refractivity contribution in [1.29, 1.82) is 0 Å². The second-order valence-electron chi connectivity index (χ2n) is 9.11. The third-order valence-electron chi connectivity index (χ3n) is 6.73. The van der Waals surface area contributed by atoms with Crippen molar-refractivity contribution < 1.29 is 33.3 Å². The van der Waals surface area contributed by atoms with Gasteiger partial charge in [0, 0.05) is 28.5 Å². The molecule has 0 amide bonds. The highest BCUT2D eigenvalue weighted by Crippen LogP contribution is 2.46. The quantitative estimate of drug-likeness (QED) is 0.161. The molecular formula is C31H32O7. The second kappa shape index (κ2) is 11.9. The van der Waals surface area contributed by atoms with Gasteiger partial charge in [-0.1, -0.05) is 56.9 Å². The number of benzene rings is 3. The maximum Gasteiger partial charge on any atom is 0.311 e. The molecule has 0 saturated carbocycles. The van der Waals surface area contributed by atoms with Crippen molar-refractivity contribution in [3.63, 3.8) is 0 Å². The van der Waals surface area contributed by atoms with Crippen LogP contribution >= 0.6 is 0 Å². The molecule has 3 aromatic rings. The number of esters is 1. The molecule has 7 heteroatoms. The molecule has 7 nitrogen and oxygen atoms in total. The molecule has 1 aliphatic carbocycles. The molecule has 0 radical (unpaired) electrons. The fourth-order valence-corrected chi connectivity index (χ4v) is 4.81. The van der Waals surface area contributed by atoms with E-state index in [1.165, 1.54) is 27.4 Å². The van der Waals surface area contributed by atoms with E-state index in [1.807, 2.05) is 6.07 Å². The van der Waals surface area contributed by atoms with E-state index < -0.39 is 11.8 Å². The van der Waals surface area contributed by atoms with Crippen molar-refractivity contribution in [3.05, 3.63) is 65.2 Å². The number of ketones is 2. The molecule has 0 saturated heterocycles. The van der Waals surface area contributed by atoms with E-state index in [0.717, 1.165) is 25.7 Å². The molecule has 198 valence electrons. The Bertz CT molecular complexity index is 1420. The third kappa shape index (κ3) is 5.14. The first kappa shape index (κ1) is 26.9. The van der Waals surface area contributed by atoms with Gasteiger partial charge < -0.3 is 18.9 Å². The summed E-state index contributed by atoms with van der Waals surface area (Å²) in [7, 11) is 4.48. The number of unbranched alkanes of at least 4 members (excludes halogenated alkanes) is 4. The number of allylic oxidation sites excluding steroid dienone is 2. The zero-order valence-corrected chi connectivity index (χ0v) is 22.2. The van der Waals surface area contributed by atoms with Gasteiger partial charge in [0.15, 0.2) is 17.3 Å². The van der Waals surface area contributed by atoms with Crippen LogP contribution in [-0.4, -0.2) is 38.9 Å². The van der Waals surface area contributed by atoms with Crippen LogP contribution in [0.15, 0.2) is 48.5 Å². The Morgan fingerprint density at radius 2 is 1.47 bits per heavy atom. The van der Waals surface area contributed by atoms with Gasteiger partial charge in [0.05, 0.1) is 32.3 Å². The van der Waals surface area contributed by atoms with Crippen LogP contribution < -0.4 is 18.9 Å². The van der Waals surface area contributed by atoms with Crippen LogP contribution in [0.4, 0.5) is 0 Å². The standard InChI is InChI=1S/C31H32O7/c1-5-6-7-8-9-16-27(33)38-31-22(18-26(37-4)20-13-11-15-25(36-3)29(20)31)21-17-23(32)19-12-10-14-24(35-2)28(19)30(21)34/h10-15,17-18H,5-9,16H2,1-4H3. The molecule has 0 N–H and O–H groups in total. The zero-order chi connectivity index (χ0) is 27.2. The summed E-state index contributed by atoms with van der Waals surface area (Å²) in [6.07, 6.45) is 6.42. The van der Waals surface area contributed by atoms with Gasteiger partial charge in [-0.25, -0.2) is 0 Å². The van der Waals surface area contributed by atoms with Crippen LogP contribution in [0.25, 0.3) is 16.3 Å². The molecule has 4 rings (SSSR count). The minimum atomic E-state index is -0.423. The lowest BCUT2D eigenvalue weighted by Gasteiger charge is -2.22. The minimum absolute atomic E-state index is 0.0869. The molecule has 0 aromatic heterocycles. The summed E-state index contributed by atoms with van der Waals surface area (Å²) >= 11 is 0. The SMILES string of the molecule is CCCCCCCC(=O)Oc1c(C2=CC(=O)c3cccc(OC)c3C2=O)cc(OC)c2cccc(OC)c12. The smallest absolute Gasteiger partial charge is 0.311 e. The number of fused-ring (bicyclic) bond motifs is 2. The van der Waals surface area contributed by atoms with E-state index in [1.54, 1.807) is 36.4 Å². The highest BCUT2D eigenvalue weighted by molar-refractivity contribution is 6.40. The Kier molecular flexibility index (Phi) is 8.46. The van der Waals surface area contributed by atoms with Gasteiger partial charge in [-0.05, 0) is 30.7 Å². The maximum atomic E-state index is 13.8. The molecule has 0 atom stereocenters. The van der Waals surface area contributed by atoms with Gasteiger partial charge in [0.1, 0.15) is 17.2 Å². The number of hydrogen-bond acceptors (Lipinski definition) is 7. The predicted octanol–water partition coefficient (Wildman–Crippen LogP) is 6.59. The lowest BCUT2D eigenvalue weighted by atomic mass is 9.84. The maximum absolute atomic E-state index is 13.8. The summed E-state index contributed by atoms with van der Waals surface area (Å²) in [6, 6.07) is 11.9. The van der Waals surface area contributed by atoms with Crippen molar-refractivity contribution in [1.82, 2.24) is 0 Å². The van der Waals surface area contributed by atoms with Gasteiger partial charge in [-0.15, -0.1) is 0 Å². The first-order chi connectivity index (χ1) is 18.4. The number of rotatable bonds is 11. The highest BCUT2D eigenvalue weighted by atomic mass is 16.5. The van der Waals surface area contributed by atoms with Crippen LogP contribution in [0, 0.1) is 0 Å². The van der Waals surface area contributed by atoms with Gasteiger partial charge in [-0.3, -0.25) is 14.4 Å². The van der Waals surface area contributed by atoms with Gasteiger partial charge in [0.2, 0.25) is 0 Å². The summed E-state index contributed by atoms with van der Waals surface area (Å²) < 4.78 is 22.7. The topological polar surface area (TPSA) is 88.1 Å². The summed E-state index contributed by atoms with van der Waals surface area (Å²) in [5.41, 5.74) is 0.788. The molecule has 3 aromatic carbocycles. The van der Waals surface area contributed by atoms with E-state index >= 15 is 0 Å². The number of carbonyl (C=O) groups excluding carboxylic acids is 3.